The van der Waals surface area contributed by atoms with E-state index in [4.69, 9.17) is 9.26 Å². The number of hydrogen-bond donors (Lipinski definition) is 1. The molecule has 0 radical (unpaired) electrons. The molecule has 0 saturated heterocycles. The molecular weight excluding hydrogens is 414 g/mol. The molecule has 1 fully saturated rings. The Labute approximate surface area is 196 Å². The first-order valence-corrected chi connectivity index (χ1v) is 11.8. The molecule has 0 unspecified atom stereocenters. The van der Waals surface area contributed by atoms with Gasteiger partial charge in [0.1, 0.15) is 5.69 Å². The van der Waals surface area contributed by atoms with Crippen molar-refractivity contribution in [2.45, 2.75) is 58.0 Å². The minimum absolute atomic E-state index is 0.284. The molecule has 1 atom stereocenters. The topological polar surface area (TPSA) is 62.0 Å². The second kappa shape index (κ2) is 11.0. The van der Waals surface area contributed by atoms with Gasteiger partial charge in [-0.1, -0.05) is 65.8 Å². The highest BCUT2D eigenvalue weighted by Gasteiger charge is 2.33. The van der Waals surface area contributed by atoms with Crippen molar-refractivity contribution in [3.8, 4) is 11.3 Å². The van der Waals surface area contributed by atoms with Gasteiger partial charge in [0.25, 0.3) is 0 Å². The van der Waals surface area contributed by atoms with Gasteiger partial charge < -0.3 is 19.3 Å². The molecule has 0 bridgehead atoms. The highest BCUT2D eigenvalue weighted by molar-refractivity contribution is 5.68. The minimum atomic E-state index is -0.555. The number of aliphatic hydroxyl groups is 1. The number of rotatable bonds is 12. The second-order valence-corrected chi connectivity index (χ2v) is 9.20. The maximum Gasteiger partial charge on any atom is 0.232 e. The molecule has 0 amide bonds. The summed E-state index contributed by atoms with van der Waals surface area (Å²) in [5, 5.41) is 15.2. The second-order valence-electron chi connectivity index (χ2n) is 9.20. The Hall–Kier alpha value is -2.67. The molecule has 6 heteroatoms. The zero-order valence-corrected chi connectivity index (χ0v) is 19.9. The first kappa shape index (κ1) is 23.5. The van der Waals surface area contributed by atoms with Crippen LogP contribution in [0.1, 0.15) is 37.8 Å². The van der Waals surface area contributed by atoms with Crippen LogP contribution in [0.15, 0.2) is 65.2 Å². The Bertz CT molecular complexity index is 986. The van der Waals surface area contributed by atoms with E-state index in [9.17, 15) is 5.11 Å². The van der Waals surface area contributed by atoms with E-state index >= 15 is 0 Å². The van der Waals surface area contributed by atoms with Crippen molar-refractivity contribution in [2.24, 2.45) is 0 Å². The van der Waals surface area contributed by atoms with Crippen molar-refractivity contribution in [1.82, 2.24) is 10.1 Å². The molecule has 0 aliphatic heterocycles. The first-order valence-electron chi connectivity index (χ1n) is 11.8. The molecule has 2 aromatic carbocycles. The van der Waals surface area contributed by atoms with Crippen LogP contribution in [0.25, 0.3) is 11.3 Å². The average Bonchev–Trinajstić information content (AvgIpc) is 3.60. The lowest BCUT2D eigenvalue weighted by molar-refractivity contribution is 0.00707. The van der Waals surface area contributed by atoms with Gasteiger partial charge in [-0.25, -0.2) is 0 Å². The number of ether oxygens (including phenoxy) is 1. The number of anilines is 1. The van der Waals surface area contributed by atoms with E-state index in [1.54, 1.807) is 0 Å². The zero-order valence-electron chi connectivity index (χ0n) is 19.9. The summed E-state index contributed by atoms with van der Waals surface area (Å²) in [5.41, 5.74) is 4.10. The molecule has 176 valence electrons. The molecule has 1 aliphatic rings. The van der Waals surface area contributed by atoms with Gasteiger partial charge in [0.15, 0.2) is 0 Å². The zero-order chi connectivity index (χ0) is 23.2. The summed E-state index contributed by atoms with van der Waals surface area (Å²) >= 11 is 0. The van der Waals surface area contributed by atoms with Crippen LogP contribution < -0.4 is 4.90 Å². The molecular formula is C27H35N3O3. The molecule has 1 aromatic heterocycles. The van der Waals surface area contributed by atoms with Crippen LogP contribution in [0.4, 0.5) is 5.88 Å². The highest BCUT2D eigenvalue weighted by atomic mass is 16.5. The Kier molecular flexibility index (Phi) is 7.81. The lowest BCUT2D eigenvalue weighted by Gasteiger charge is -2.27. The van der Waals surface area contributed by atoms with Crippen molar-refractivity contribution in [1.29, 1.82) is 0 Å². The minimum Gasteiger partial charge on any atom is -0.389 e. The van der Waals surface area contributed by atoms with Crippen molar-refractivity contribution in [3.05, 3.63) is 71.8 Å². The normalized spacial score (nSPS) is 14.7. The standard InChI is InChI=1S/C27H35N3O3/c1-20(2)29(3)27-25(26(28-33-27)22-12-8-5-9-13-22)17-30(23-14-15-23)16-24(31)19-32-18-21-10-6-4-7-11-21/h4-13,20,23-24,31H,14-19H2,1-3H3/t24-/m0/s1. The van der Waals surface area contributed by atoms with Crippen LogP contribution in [0.5, 0.6) is 0 Å². The van der Waals surface area contributed by atoms with Crippen LogP contribution >= 0.6 is 0 Å². The quantitative estimate of drug-likeness (QED) is 0.431. The number of aliphatic hydroxyl groups excluding tert-OH is 1. The smallest absolute Gasteiger partial charge is 0.232 e. The maximum atomic E-state index is 10.7. The Morgan fingerprint density at radius 2 is 1.73 bits per heavy atom. The molecule has 1 heterocycles. The van der Waals surface area contributed by atoms with E-state index in [-0.39, 0.29) is 6.04 Å². The number of hydrogen-bond acceptors (Lipinski definition) is 6. The van der Waals surface area contributed by atoms with Gasteiger partial charge in [0.2, 0.25) is 5.88 Å². The number of aromatic nitrogens is 1. The predicted molar refractivity (Wildman–Crippen MR) is 131 cm³/mol. The summed E-state index contributed by atoms with van der Waals surface area (Å²) in [5.74, 6) is 0.796. The third kappa shape index (κ3) is 6.22. The van der Waals surface area contributed by atoms with Crippen LogP contribution in [0, 0.1) is 0 Å². The Morgan fingerprint density at radius 3 is 2.36 bits per heavy atom. The lowest BCUT2D eigenvalue weighted by Crippen LogP contribution is -2.36. The number of benzene rings is 2. The summed E-state index contributed by atoms with van der Waals surface area (Å²) in [7, 11) is 2.04. The van der Waals surface area contributed by atoms with Crippen LogP contribution in [0.2, 0.25) is 0 Å². The van der Waals surface area contributed by atoms with Gasteiger partial charge in [-0.15, -0.1) is 0 Å². The van der Waals surface area contributed by atoms with Crippen molar-refractivity contribution >= 4 is 5.88 Å². The van der Waals surface area contributed by atoms with E-state index < -0.39 is 6.10 Å². The monoisotopic (exact) mass is 449 g/mol. The molecule has 1 saturated carbocycles. The molecule has 1 aliphatic carbocycles. The third-order valence-corrected chi connectivity index (χ3v) is 6.20. The van der Waals surface area contributed by atoms with Gasteiger partial charge in [-0.3, -0.25) is 4.90 Å². The number of nitrogens with zero attached hydrogens (tertiary/aromatic N) is 3. The van der Waals surface area contributed by atoms with Gasteiger partial charge in [0.05, 0.1) is 24.9 Å². The fourth-order valence-corrected chi connectivity index (χ4v) is 3.97. The van der Waals surface area contributed by atoms with Gasteiger partial charge in [-0.05, 0) is 32.3 Å². The van der Waals surface area contributed by atoms with Crippen molar-refractivity contribution in [3.63, 3.8) is 0 Å². The molecule has 3 aromatic rings. The largest absolute Gasteiger partial charge is 0.389 e. The third-order valence-electron chi connectivity index (χ3n) is 6.20. The molecule has 4 rings (SSSR count). The molecule has 0 spiro atoms. The van der Waals surface area contributed by atoms with Gasteiger partial charge >= 0.3 is 0 Å². The summed E-state index contributed by atoms with van der Waals surface area (Å²) in [6, 6.07) is 21.0. The first-order chi connectivity index (χ1) is 16.0. The van der Waals surface area contributed by atoms with Crippen molar-refractivity contribution in [2.75, 3.05) is 25.1 Å². The summed E-state index contributed by atoms with van der Waals surface area (Å²) in [6.45, 7) is 6.34. The molecule has 33 heavy (non-hydrogen) atoms. The SMILES string of the molecule is CC(C)N(C)c1onc(-c2ccccc2)c1CN(C[C@H](O)COCc1ccccc1)C1CC1. The van der Waals surface area contributed by atoms with E-state index in [1.165, 1.54) is 0 Å². The summed E-state index contributed by atoms with van der Waals surface area (Å²) in [6.07, 6.45) is 1.75. The van der Waals surface area contributed by atoms with Crippen LogP contribution in [0.3, 0.4) is 0 Å². The molecule has 1 N–H and O–H groups in total. The lowest BCUT2D eigenvalue weighted by atomic mass is 10.1. The van der Waals surface area contributed by atoms with Gasteiger partial charge in [-0.2, -0.15) is 0 Å². The highest BCUT2D eigenvalue weighted by Crippen LogP contribution is 2.36. The van der Waals surface area contributed by atoms with E-state index in [0.717, 1.165) is 41.1 Å². The predicted octanol–water partition coefficient (Wildman–Crippen LogP) is 4.73. The Balaban J connectivity index is 1.47. The Morgan fingerprint density at radius 1 is 1.06 bits per heavy atom. The maximum absolute atomic E-state index is 10.7. The van der Waals surface area contributed by atoms with E-state index in [2.05, 4.69) is 40.9 Å². The van der Waals surface area contributed by atoms with Crippen LogP contribution in [-0.2, 0) is 17.9 Å². The average molecular weight is 450 g/mol. The fourth-order valence-electron chi connectivity index (χ4n) is 3.97. The van der Waals surface area contributed by atoms with Gasteiger partial charge in [0, 0.05) is 37.8 Å². The van der Waals surface area contributed by atoms with E-state index in [1.807, 2.05) is 55.6 Å². The fraction of sp³-hybridized carbons (Fsp3) is 0.444. The summed E-state index contributed by atoms with van der Waals surface area (Å²) in [4.78, 5) is 4.48. The van der Waals surface area contributed by atoms with Crippen LogP contribution in [-0.4, -0.2) is 53.6 Å². The van der Waals surface area contributed by atoms with E-state index in [0.29, 0.717) is 32.3 Å². The molecule has 6 nitrogen and oxygen atoms in total. The summed E-state index contributed by atoms with van der Waals surface area (Å²) < 4.78 is 11.6. The van der Waals surface area contributed by atoms with Crippen molar-refractivity contribution < 1.29 is 14.4 Å².